The summed E-state index contributed by atoms with van der Waals surface area (Å²) in [5.41, 5.74) is 0.797. The standard InChI is InChI=1S/C14H21NO4/c1-9(2)11(7-17-3)15-6-10-4-13-14(5-12(10)16)19-8-18-13/h4-5,9,11,15-16H,6-8H2,1-3H3. The second kappa shape index (κ2) is 6.12. The molecule has 1 unspecified atom stereocenters. The average molecular weight is 267 g/mol. The summed E-state index contributed by atoms with van der Waals surface area (Å²) >= 11 is 0. The Morgan fingerprint density at radius 3 is 2.63 bits per heavy atom. The van der Waals surface area contributed by atoms with Crippen LogP contribution in [0.2, 0.25) is 0 Å². The maximum Gasteiger partial charge on any atom is 0.231 e. The lowest BCUT2D eigenvalue weighted by Gasteiger charge is -2.22. The lowest BCUT2D eigenvalue weighted by molar-refractivity contribution is 0.146. The lowest BCUT2D eigenvalue weighted by Crippen LogP contribution is -2.37. The molecule has 2 N–H and O–H groups in total. The molecule has 1 aliphatic rings. The zero-order valence-corrected chi connectivity index (χ0v) is 11.6. The molecule has 1 aromatic rings. The largest absolute Gasteiger partial charge is 0.507 e. The van der Waals surface area contributed by atoms with Gasteiger partial charge in [-0.15, -0.1) is 0 Å². The molecule has 0 radical (unpaired) electrons. The molecule has 1 aromatic carbocycles. The van der Waals surface area contributed by atoms with Gasteiger partial charge in [-0.1, -0.05) is 13.8 Å². The van der Waals surface area contributed by atoms with Gasteiger partial charge in [0.25, 0.3) is 0 Å². The van der Waals surface area contributed by atoms with Crippen LogP contribution in [0, 0.1) is 5.92 Å². The predicted molar refractivity (Wildman–Crippen MR) is 71.6 cm³/mol. The average Bonchev–Trinajstić information content (AvgIpc) is 2.80. The molecule has 0 aromatic heterocycles. The minimum atomic E-state index is 0.212. The summed E-state index contributed by atoms with van der Waals surface area (Å²) < 4.78 is 15.7. The van der Waals surface area contributed by atoms with Gasteiger partial charge in [-0.2, -0.15) is 0 Å². The highest BCUT2D eigenvalue weighted by Gasteiger charge is 2.18. The number of benzene rings is 1. The molecule has 1 heterocycles. The van der Waals surface area contributed by atoms with Gasteiger partial charge in [-0.25, -0.2) is 0 Å². The molecular weight excluding hydrogens is 246 g/mol. The van der Waals surface area contributed by atoms with Crippen molar-refractivity contribution in [1.29, 1.82) is 0 Å². The van der Waals surface area contributed by atoms with Crippen molar-refractivity contribution in [1.82, 2.24) is 5.32 Å². The number of nitrogens with one attached hydrogen (secondary N) is 1. The van der Waals surface area contributed by atoms with Gasteiger partial charge >= 0.3 is 0 Å². The predicted octanol–water partition coefficient (Wildman–Crippen LogP) is 1.88. The molecule has 2 rings (SSSR count). The molecular formula is C14H21NO4. The number of ether oxygens (including phenoxy) is 3. The summed E-state index contributed by atoms with van der Waals surface area (Å²) in [6.07, 6.45) is 0. The Morgan fingerprint density at radius 1 is 1.32 bits per heavy atom. The number of hydrogen-bond acceptors (Lipinski definition) is 5. The molecule has 1 atom stereocenters. The number of fused-ring (bicyclic) bond motifs is 1. The molecule has 0 saturated heterocycles. The lowest BCUT2D eigenvalue weighted by atomic mass is 10.0. The quantitative estimate of drug-likeness (QED) is 0.824. The Morgan fingerprint density at radius 2 is 2.00 bits per heavy atom. The van der Waals surface area contributed by atoms with Gasteiger partial charge in [0.05, 0.1) is 6.61 Å². The molecule has 0 spiro atoms. The summed E-state index contributed by atoms with van der Waals surface area (Å²) in [5.74, 6) is 1.95. The fraction of sp³-hybridized carbons (Fsp3) is 0.571. The van der Waals surface area contributed by atoms with Crippen LogP contribution in [0.25, 0.3) is 0 Å². The normalized spacial score (nSPS) is 14.9. The number of rotatable bonds is 6. The van der Waals surface area contributed by atoms with Crippen molar-refractivity contribution in [2.45, 2.75) is 26.4 Å². The van der Waals surface area contributed by atoms with Crippen molar-refractivity contribution in [2.24, 2.45) is 5.92 Å². The minimum Gasteiger partial charge on any atom is -0.507 e. The molecule has 0 amide bonds. The van der Waals surface area contributed by atoms with E-state index < -0.39 is 0 Å². The van der Waals surface area contributed by atoms with Crippen molar-refractivity contribution < 1.29 is 19.3 Å². The van der Waals surface area contributed by atoms with E-state index in [-0.39, 0.29) is 18.6 Å². The maximum absolute atomic E-state index is 9.95. The van der Waals surface area contributed by atoms with Gasteiger partial charge in [0.1, 0.15) is 5.75 Å². The second-order valence-electron chi connectivity index (χ2n) is 5.02. The van der Waals surface area contributed by atoms with Crippen LogP contribution in [0.3, 0.4) is 0 Å². The van der Waals surface area contributed by atoms with E-state index in [0.29, 0.717) is 30.6 Å². The topological polar surface area (TPSA) is 60.0 Å². The van der Waals surface area contributed by atoms with Crippen LogP contribution in [-0.2, 0) is 11.3 Å². The van der Waals surface area contributed by atoms with E-state index in [4.69, 9.17) is 14.2 Å². The molecule has 0 aliphatic carbocycles. The fourth-order valence-electron chi connectivity index (χ4n) is 2.02. The Balaban J connectivity index is 2.03. The molecule has 0 saturated carbocycles. The third-order valence-electron chi connectivity index (χ3n) is 3.28. The summed E-state index contributed by atoms with van der Waals surface area (Å²) in [6, 6.07) is 3.66. The Labute approximate surface area is 113 Å². The molecule has 19 heavy (non-hydrogen) atoms. The van der Waals surface area contributed by atoms with Gasteiger partial charge in [0.15, 0.2) is 11.5 Å². The van der Waals surface area contributed by atoms with Crippen molar-refractivity contribution in [3.05, 3.63) is 17.7 Å². The van der Waals surface area contributed by atoms with Gasteiger partial charge in [-0.05, 0) is 12.0 Å². The van der Waals surface area contributed by atoms with Gasteiger partial charge < -0.3 is 24.6 Å². The molecule has 5 heteroatoms. The van der Waals surface area contributed by atoms with E-state index in [9.17, 15) is 5.11 Å². The maximum atomic E-state index is 9.95. The molecule has 1 aliphatic heterocycles. The van der Waals surface area contributed by atoms with Crippen LogP contribution in [0.15, 0.2) is 12.1 Å². The summed E-state index contributed by atoms with van der Waals surface area (Å²) in [6.45, 7) is 5.69. The van der Waals surface area contributed by atoms with E-state index >= 15 is 0 Å². The Hall–Kier alpha value is -1.46. The zero-order chi connectivity index (χ0) is 13.8. The monoisotopic (exact) mass is 267 g/mol. The van der Waals surface area contributed by atoms with E-state index in [1.165, 1.54) is 0 Å². The number of methoxy groups -OCH3 is 1. The van der Waals surface area contributed by atoms with Crippen LogP contribution >= 0.6 is 0 Å². The second-order valence-corrected chi connectivity index (χ2v) is 5.02. The van der Waals surface area contributed by atoms with Gasteiger partial charge in [0.2, 0.25) is 6.79 Å². The first-order chi connectivity index (χ1) is 9.11. The van der Waals surface area contributed by atoms with Crippen LogP contribution in [0.5, 0.6) is 17.2 Å². The van der Waals surface area contributed by atoms with Crippen molar-refractivity contribution in [3.8, 4) is 17.2 Å². The summed E-state index contributed by atoms with van der Waals surface area (Å²) in [4.78, 5) is 0. The number of aromatic hydroxyl groups is 1. The Bertz CT molecular complexity index is 434. The highest BCUT2D eigenvalue weighted by molar-refractivity contribution is 5.51. The van der Waals surface area contributed by atoms with Crippen LogP contribution in [-0.4, -0.2) is 31.7 Å². The van der Waals surface area contributed by atoms with E-state index in [1.54, 1.807) is 13.2 Å². The number of phenolic OH excluding ortho intramolecular Hbond substituents is 1. The van der Waals surface area contributed by atoms with E-state index in [1.807, 2.05) is 6.07 Å². The van der Waals surface area contributed by atoms with Crippen molar-refractivity contribution >= 4 is 0 Å². The number of hydrogen-bond donors (Lipinski definition) is 2. The minimum absolute atomic E-state index is 0.212. The molecule has 0 bridgehead atoms. The Kier molecular flexibility index (Phi) is 4.50. The van der Waals surface area contributed by atoms with Crippen LogP contribution in [0.4, 0.5) is 0 Å². The highest BCUT2D eigenvalue weighted by Crippen LogP contribution is 2.37. The fourth-order valence-corrected chi connectivity index (χ4v) is 2.02. The highest BCUT2D eigenvalue weighted by atomic mass is 16.7. The van der Waals surface area contributed by atoms with Crippen LogP contribution in [0.1, 0.15) is 19.4 Å². The van der Waals surface area contributed by atoms with Gasteiger partial charge in [-0.3, -0.25) is 0 Å². The van der Waals surface area contributed by atoms with E-state index in [0.717, 1.165) is 5.56 Å². The third-order valence-corrected chi connectivity index (χ3v) is 3.28. The smallest absolute Gasteiger partial charge is 0.231 e. The SMILES string of the molecule is COCC(NCc1cc2c(cc1O)OCO2)C(C)C. The molecule has 5 nitrogen and oxygen atoms in total. The third kappa shape index (κ3) is 3.30. The van der Waals surface area contributed by atoms with Crippen molar-refractivity contribution in [3.63, 3.8) is 0 Å². The van der Waals surface area contributed by atoms with Crippen LogP contribution < -0.4 is 14.8 Å². The first kappa shape index (κ1) is 14.0. The van der Waals surface area contributed by atoms with E-state index in [2.05, 4.69) is 19.2 Å². The molecule has 106 valence electrons. The molecule has 0 fully saturated rings. The van der Waals surface area contributed by atoms with Gasteiger partial charge in [0, 0.05) is 31.3 Å². The summed E-state index contributed by atoms with van der Waals surface area (Å²) in [5, 5.41) is 13.3. The first-order valence-electron chi connectivity index (χ1n) is 6.45. The first-order valence-corrected chi connectivity index (χ1v) is 6.45. The van der Waals surface area contributed by atoms with Crippen molar-refractivity contribution in [2.75, 3.05) is 20.5 Å². The zero-order valence-electron chi connectivity index (χ0n) is 11.6. The summed E-state index contributed by atoms with van der Waals surface area (Å²) in [7, 11) is 1.69. The number of phenols is 1.